The summed E-state index contributed by atoms with van der Waals surface area (Å²) in [7, 11) is 0. The van der Waals surface area contributed by atoms with Crippen LogP contribution in [0.5, 0.6) is 0 Å². The summed E-state index contributed by atoms with van der Waals surface area (Å²) in [5.74, 6) is 0. The Bertz CT molecular complexity index is 103. The summed E-state index contributed by atoms with van der Waals surface area (Å²) in [6, 6.07) is 0. The number of nitrogens with two attached hydrogens (primary N) is 1. The molecule has 0 aliphatic rings. The zero-order chi connectivity index (χ0) is 6.41. The minimum absolute atomic E-state index is 0.573. The van der Waals surface area contributed by atoms with E-state index in [2.05, 4.69) is 4.99 Å². The van der Waals surface area contributed by atoms with Gasteiger partial charge in [-0.1, -0.05) is 0 Å². The second kappa shape index (κ2) is 4.53. The number of allylic oxidation sites excluding steroid dienone is 1. The van der Waals surface area contributed by atoms with Crippen LogP contribution in [-0.4, -0.2) is 12.8 Å². The van der Waals surface area contributed by atoms with Gasteiger partial charge in [0, 0.05) is 18.5 Å². The van der Waals surface area contributed by atoms with Gasteiger partial charge >= 0.3 is 0 Å². The summed E-state index contributed by atoms with van der Waals surface area (Å²) < 4.78 is 0. The van der Waals surface area contributed by atoms with Crippen molar-refractivity contribution >= 4 is 6.21 Å². The first-order chi connectivity index (χ1) is 3.81. The van der Waals surface area contributed by atoms with Crippen molar-refractivity contribution < 1.29 is 0 Å². The van der Waals surface area contributed by atoms with Crippen molar-refractivity contribution in [2.45, 2.75) is 13.8 Å². The Morgan fingerprint density at radius 2 is 2.38 bits per heavy atom. The predicted molar refractivity (Wildman–Crippen MR) is 37.0 cm³/mol. The fourth-order valence-corrected chi connectivity index (χ4v) is 0.427. The van der Waals surface area contributed by atoms with Crippen LogP contribution in [0.25, 0.3) is 0 Å². The number of nitrogens with zero attached hydrogens (tertiary/aromatic N) is 1. The molecule has 0 atom stereocenters. The maximum Gasteiger partial charge on any atom is 0.0341 e. The lowest BCUT2D eigenvalue weighted by atomic mass is 10.4. The Kier molecular flexibility index (Phi) is 4.17. The largest absolute Gasteiger partial charge is 0.327 e. The number of hydrogen-bond donors (Lipinski definition) is 1. The molecular weight excluding hydrogens is 100 g/mol. The van der Waals surface area contributed by atoms with Crippen LogP contribution in [0.2, 0.25) is 0 Å². The highest BCUT2D eigenvalue weighted by atomic mass is 14.7. The van der Waals surface area contributed by atoms with Gasteiger partial charge in [0.2, 0.25) is 0 Å². The van der Waals surface area contributed by atoms with Crippen LogP contribution in [-0.2, 0) is 0 Å². The lowest BCUT2D eigenvalue weighted by Gasteiger charge is -1.85. The normalized spacial score (nSPS) is 13.1. The summed E-state index contributed by atoms with van der Waals surface area (Å²) in [4.78, 5) is 3.97. The molecular formula is C6H12N2. The van der Waals surface area contributed by atoms with E-state index in [0.717, 1.165) is 5.70 Å². The van der Waals surface area contributed by atoms with Crippen molar-refractivity contribution in [1.29, 1.82) is 0 Å². The van der Waals surface area contributed by atoms with Gasteiger partial charge in [-0.3, -0.25) is 4.99 Å². The fraction of sp³-hybridized carbons (Fsp3) is 0.500. The van der Waals surface area contributed by atoms with Crippen molar-refractivity contribution in [2.75, 3.05) is 6.54 Å². The average molecular weight is 112 g/mol. The Morgan fingerprint density at radius 1 is 1.75 bits per heavy atom. The Labute approximate surface area is 50.1 Å². The molecule has 2 N–H and O–H groups in total. The van der Waals surface area contributed by atoms with Crippen LogP contribution in [0.1, 0.15) is 13.8 Å². The smallest absolute Gasteiger partial charge is 0.0341 e. The van der Waals surface area contributed by atoms with Gasteiger partial charge in [0.05, 0.1) is 0 Å². The predicted octanol–water partition coefficient (Wildman–Crippen LogP) is 0.940. The van der Waals surface area contributed by atoms with Gasteiger partial charge in [-0.15, -0.1) is 0 Å². The minimum atomic E-state index is 0.573. The van der Waals surface area contributed by atoms with E-state index in [-0.39, 0.29) is 0 Å². The molecule has 0 heterocycles. The van der Waals surface area contributed by atoms with Crippen molar-refractivity contribution in [3.63, 3.8) is 0 Å². The molecule has 2 nitrogen and oxygen atoms in total. The summed E-state index contributed by atoms with van der Waals surface area (Å²) in [6.45, 7) is 4.38. The molecule has 0 aromatic carbocycles. The van der Waals surface area contributed by atoms with E-state index in [1.165, 1.54) is 0 Å². The molecule has 46 valence electrons. The standard InChI is InChI=1S/C6H12N2/c1-3-8-6(2)4-5-7/h3-4H,5,7H2,1-2H3/b6-4-,8-3-. The van der Waals surface area contributed by atoms with E-state index in [1.54, 1.807) is 6.21 Å². The molecule has 0 rings (SSSR count). The van der Waals surface area contributed by atoms with Crippen LogP contribution >= 0.6 is 0 Å². The van der Waals surface area contributed by atoms with Crippen LogP contribution < -0.4 is 5.73 Å². The lowest BCUT2D eigenvalue weighted by molar-refractivity contribution is 1.18. The van der Waals surface area contributed by atoms with Crippen LogP contribution in [0.3, 0.4) is 0 Å². The molecule has 0 saturated heterocycles. The first kappa shape index (κ1) is 7.37. The number of rotatable bonds is 2. The zero-order valence-electron chi connectivity index (χ0n) is 5.39. The SMILES string of the molecule is C/C=N\C(C)=C/CN. The van der Waals surface area contributed by atoms with Crippen molar-refractivity contribution in [2.24, 2.45) is 10.7 Å². The van der Waals surface area contributed by atoms with Gasteiger partial charge in [-0.2, -0.15) is 0 Å². The molecule has 0 aliphatic carbocycles. The zero-order valence-corrected chi connectivity index (χ0v) is 5.39. The summed E-state index contributed by atoms with van der Waals surface area (Å²) in [6.07, 6.45) is 3.63. The number of hydrogen-bond acceptors (Lipinski definition) is 2. The van der Waals surface area contributed by atoms with E-state index in [9.17, 15) is 0 Å². The Morgan fingerprint density at radius 3 is 2.75 bits per heavy atom. The van der Waals surface area contributed by atoms with Gasteiger partial charge in [0.1, 0.15) is 0 Å². The van der Waals surface area contributed by atoms with Crippen LogP contribution in [0.15, 0.2) is 16.8 Å². The second-order valence-corrected chi connectivity index (χ2v) is 1.47. The van der Waals surface area contributed by atoms with Crippen molar-refractivity contribution in [3.05, 3.63) is 11.8 Å². The summed E-state index contributed by atoms with van der Waals surface area (Å²) in [5, 5.41) is 0. The molecule has 0 saturated carbocycles. The molecule has 0 spiro atoms. The highest BCUT2D eigenvalue weighted by molar-refractivity contribution is 5.55. The van der Waals surface area contributed by atoms with Crippen LogP contribution in [0, 0.1) is 0 Å². The van der Waals surface area contributed by atoms with E-state index in [0.29, 0.717) is 6.54 Å². The van der Waals surface area contributed by atoms with Gasteiger partial charge in [0.15, 0.2) is 0 Å². The molecule has 0 amide bonds. The molecule has 0 bridgehead atoms. The molecule has 0 aromatic rings. The highest BCUT2D eigenvalue weighted by Gasteiger charge is 1.74. The lowest BCUT2D eigenvalue weighted by Crippen LogP contribution is -1.93. The summed E-state index contributed by atoms with van der Waals surface area (Å²) in [5.41, 5.74) is 6.19. The monoisotopic (exact) mass is 112 g/mol. The first-order valence-corrected chi connectivity index (χ1v) is 2.66. The van der Waals surface area contributed by atoms with Crippen molar-refractivity contribution in [1.82, 2.24) is 0 Å². The van der Waals surface area contributed by atoms with E-state index in [4.69, 9.17) is 5.73 Å². The third-order valence-corrected chi connectivity index (χ3v) is 0.746. The van der Waals surface area contributed by atoms with Crippen LogP contribution in [0.4, 0.5) is 0 Å². The molecule has 0 fully saturated rings. The maximum absolute atomic E-state index is 5.21. The third-order valence-electron chi connectivity index (χ3n) is 0.746. The molecule has 2 heteroatoms. The highest BCUT2D eigenvalue weighted by Crippen LogP contribution is 1.89. The average Bonchev–Trinajstić information content (AvgIpc) is 1.68. The van der Waals surface area contributed by atoms with E-state index in [1.807, 2.05) is 19.9 Å². The quantitative estimate of drug-likeness (QED) is 0.530. The fourth-order valence-electron chi connectivity index (χ4n) is 0.427. The molecule has 0 radical (unpaired) electrons. The molecule has 0 aliphatic heterocycles. The molecule has 0 unspecified atom stereocenters. The Balaban J connectivity index is 3.61. The first-order valence-electron chi connectivity index (χ1n) is 2.66. The van der Waals surface area contributed by atoms with Crippen molar-refractivity contribution in [3.8, 4) is 0 Å². The second-order valence-electron chi connectivity index (χ2n) is 1.47. The van der Waals surface area contributed by atoms with Gasteiger partial charge in [-0.05, 0) is 19.9 Å². The van der Waals surface area contributed by atoms with E-state index >= 15 is 0 Å². The molecule has 0 aromatic heterocycles. The van der Waals surface area contributed by atoms with Gasteiger partial charge < -0.3 is 5.73 Å². The van der Waals surface area contributed by atoms with E-state index < -0.39 is 0 Å². The van der Waals surface area contributed by atoms with Gasteiger partial charge in [-0.25, -0.2) is 0 Å². The topological polar surface area (TPSA) is 38.4 Å². The number of aliphatic imine (C=N–C) groups is 1. The third kappa shape index (κ3) is 3.56. The van der Waals surface area contributed by atoms with Gasteiger partial charge in [0.25, 0.3) is 0 Å². The minimum Gasteiger partial charge on any atom is -0.327 e. The maximum atomic E-state index is 5.21. The molecule has 8 heavy (non-hydrogen) atoms. The summed E-state index contributed by atoms with van der Waals surface area (Å²) >= 11 is 0. The Hall–Kier alpha value is -0.630.